The van der Waals surface area contributed by atoms with E-state index in [1.54, 1.807) is 16.6 Å². The van der Waals surface area contributed by atoms with Crippen molar-refractivity contribution < 1.29 is 9.59 Å². The number of hydrogen-bond acceptors (Lipinski definition) is 5. The van der Waals surface area contributed by atoms with Gasteiger partial charge in [-0.3, -0.25) is 14.3 Å². The molecule has 0 unspecified atom stereocenters. The minimum Gasteiger partial charge on any atom is -0.346 e. The molecule has 2 amide bonds. The van der Waals surface area contributed by atoms with Gasteiger partial charge in [0.1, 0.15) is 0 Å². The molecule has 2 aromatic rings. The average molecular weight is 387 g/mol. The van der Waals surface area contributed by atoms with Crippen LogP contribution in [0.15, 0.2) is 0 Å². The van der Waals surface area contributed by atoms with Gasteiger partial charge in [0.15, 0.2) is 11.4 Å². The van der Waals surface area contributed by atoms with Gasteiger partial charge in [0.25, 0.3) is 11.8 Å². The number of rotatable bonds is 6. The average Bonchev–Trinajstić information content (AvgIpc) is 3.16. The van der Waals surface area contributed by atoms with Gasteiger partial charge in [0, 0.05) is 37.4 Å². The van der Waals surface area contributed by atoms with E-state index in [1.165, 1.54) is 0 Å². The van der Waals surface area contributed by atoms with Crippen LogP contribution in [0.25, 0.3) is 0 Å². The van der Waals surface area contributed by atoms with Gasteiger partial charge >= 0.3 is 0 Å². The molecule has 0 radical (unpaired) electrons. The quantitative estimate of drug-likeness (QED) is 0.811. The lowest BCUT2D eigenvalue weighted by molar-refractivity contribution is 0.0766. The Morgan fingerprint density at radius 1 is 1.36 bits per heavy atom. The summed E-state index contributed by atoms with van der Waals surface area (Å²) in [4.78, 5) is 27.2. The maximum absolute atomic E-state index is 13.0. The van der Waals surface area contributed by atoms with Crippen molar-refractivity contribution in [3.05, 3.63) is 28.3 Å². The van der Waals surface area contributed by atoms with Crippen LogP contribution < -0.4 is 5.32 Å². The van der Waals surface area contributed by atoms with Crippen LogP contribution in [-0.4, -0.2) is 54.6 Å². The highest BCUT2D eigenvalue weighted by atomic mass is 16.2. The number of nitrogens with zero attached hydrogens (tertiary/aromatic N) is 6. The summed E-state index contributed by atoms with van der Waals surface area (Å²) in [6.07, 6.45) is 0.855. The molecule has 1 atom stereocenters. The lowest BCUT2D eigenvalue weighted by Crippen LogP contribution is -2.46. The van der Waals surface area contributed by atoms with E-state index in [4.69, 9.17) is 0 Å². The minimum atomic E-state index is -0.318. The lowest BCUT2D eigenvalue weighted by Gasteiger charge is -2.26. The molecule has 9 nitrogen and oxygen atoms in total. The van der Waals surface area contributed by atoms with E-state index < -0.39 is 0 Å². The summed E-state index contributed by atoms with van der Waals surface area (Å²) in [5.41, 5.74) is 3.30. The highest BCUT2D eigenvalue weighted by Gasteiger charge is 2.33. The van der Waals surface area contributed by atoms with Crippen molar-refractivity contribution >= 4 is 11.8 Å². The minimum absolute atomic E-state index is 0.00700. The smallest absolute Gasteiger partial charge is 0.276 e. The Kier molecular flexibility index (Phi) is 5.53. The molecule has 0 aromatic carbocycles. The first kappa shape index (κ1) is 20.0. The van der Waals surface area contributed by atoms with E-state index >= 15 is 0 Å². The van der Waals surface area contributed by atoms with Crippen LogP contribution >= 0.6 is 0 Å². The molecule has 152 valence electrons. The predicted octanol–water partition coefficient (Wildman–Crippen LogP) is 1.54. The molecular formula is C19H29N7O2. The zero-order chi connectivity index (χ0) is 20.6. The lowest BCUT2D eigenvalue weighted by atomic mass is 10.0. The second kappa shape index (κ2) is 7.73. The van der Waals surface area contributed by atoms with Crippen LogP contribution in [-0.2, 0) is 19.6 Å². The molecule has 0 bridgehead atoms. The Hall–Kier alpha value is -2.71. The highest BCUT2D eigenvalue weighted by Crippen LogP contribution is 2.19. The number of hydrogen-bond donors (Lipinski definition) is 1. The molecular weight excluding hydrogens is 358 g/mol. The zero-order valence-corrected chi connectivity index (χ0v) is 17.5. The number of fused-ring (bicyclic) bond motifs is 1. The van der Waals surface area contributed by atoms with Crippen LogP contribution in [0.1, 0.15) is 65.1 Å². The zero-order valence-electron chi connectivity index (χ0n) is 17.5. The first-order valence-electron chi connectivity index (χ1n) is 9.75. The summed E-state index contributed by atoms with van der Waals surface area (Å²) in [5, 5.41) is 15.6. The van der Waals surface area contributed by atoms with Crippen molar-refractivity contribution in [2.45, 2.75) is 66.7 Å². The fourth-order valence-electron chi connectivity index (χ4n) is 3.78. The monoisotopic (exact) mass is 387 g/mol. The molecule has 0 fully saturated rings. The van der Waals surface area contributed by atoms with Crippen LogP contribution in [0, 0.1) is 19.8 Å². The van der Waals surface area contributed by atoms with E-state index in [2.05, 4.69) is 34.6 Å². The SMILES string of the molecule is CCn1nc(C)c(CN(C)C(=O)c2nnn3c2C(=O)N[C@@H](CC(C)C)C3)c1C. The molecule has 0 spiro atoms. The summed E-state index contributed by atoms with van der Waals surface area (Å²) >= 11 is 0. The van der Waals surface area contributed by atoms with Gasteiger partial charge < -0.3 is 10.2 Å². The van der Waals surface area contributed by atoms with Gasteiger partial charge in [-0.2, -0.15) is 5.10 Å². The highest BCUT2D eigenvalue weighted by molar-refractivity contribution is 6.05. The number of amides is 2. The Morgan fingerprint density at radius 2 is 2.07 bits per heavy atom. The molecule has 2 aromatic heterocycles. The fourth-order valence-corrected chi connectivity index (χ4v) is 3.78. The summed E-state index contributed by atoms with van der Waals surface area (Å²) in [7, 11) is 1.71. The van der Waals surface area contributed by atoms with Crippen molar-refractivity contribution in [1.82, 2.24) is 35.0 Å². The van der Waals surface area contributed by atoms with E-state index in [1.807, 2.05) is 25.5 Å². The second-order valence-corrected chi connectivity index (χ2v) is 7.90. The third-order valence-corrected chi connectivity index (χ3v) is 5.21. The predicted molar refractivity (Wildman–Crippen MR) is 104 cm³/mol. The van der Waals surface area contributed by atoms with Crippen molar-refractivity contribution in [1.29, 1.82) is 0 Å². The molecule has 1 N–H and O–H groups in total. The maximum atomic E-state index is 13.0. The second-order valence-electron chi connectivity index (χ2n) is 7.90. The molecule has 0 aliphatic carbocycles. The third kappa shape index (κ3) is 3.65. The summed E-state index contributed by atoms with van der Waals surface area (Å²) in [5.74, 6) is -0.148. The molecule has 9 heteroatoms. The molecule has 28 heavy (non-hydrogen) atoms. The summed E-state index contributed by atoms with van der Waals surface area (Å²) < 4.78 is 3.48. The summed E-state index contributed by atoms with van der Waals surface area (Å²) in [6, 6.07) is 0.00700. The normalized spacial score (nSPS) is 16.2. The van der Waals surface area contributed by atoms with Gasteiger partial charge in [-0.25, -0.2) is 4.68 Å². The van der Waals surface area contributed by atoms with Crippen molar-refractivity contribution in [2.24, 2.45) is 5.92 Å². The summed E-state index contributed by atoms with van der Waals surface area (Å²) in [6.45, 7) is 11.9. The van der Waals surface area contributed by atoms with Crippen LogP contribution in [0.3, 0.4) is 0 Å². The number of carbonyl (C=O) groups excluding carboxylic acids is 2. The fraction of sp³-hybridized carbons (Fsp3) is 0.632. The first-order valence-corrected chi connectivity index (χ1v) is 9.75. The van der Waals surface area contributed by atoms with E-state index in [0.717, 1.165) is 29.9 Å². The molecule has 3 heterocycles. The number of aryl methyl sites for hydroxylation is 2. The van der Waals surface area contributed by atoms with Crippen LogP contribution in [0.4, 0.5) is 0 Å². The first-order chi connectivity index (χ1) is 13.2. The number of aromatic nitrogens is 5. The Bertz CT molecular complexity index is 896. The molecule has 0 saturated heterocycles. The topological polar surface area (TPSA) is 97.9 Å². The van der Waals surface area contributed by atoms with E-state index in [9.17, 15) is 9.59 Å². The molecule has 1 aliphatic rings. The van der Waals surface area contributed by atoms with Crippen LogP contribution in [0.5, 0.6) is 0 Å². The number of carbonyl (C=O) groups is 2. The molecule has 3 rings (SSSR count). The van der Waals surface area contributed by atoms with Gasteiger partial charge in [-0.15, -0.1) is 5.10 Å². The largest absolute Gasteiger partial charge is 0.346 e. The van der Waals surface area contributed by atoms with Gasteiger partial charge in [0.2, 0.25) is 0 Å². The van der Waals surface area contributed by atoms with Gasteiger partial charge in [-0.05, 0) is 33.1 Å². The van der Waals surface area contributed by atoms with Gasteiger partial charge in [0.05, 0.1) is 12.2 Å². The Balaban J connectivity index is 1.80. The molecule has 1 aliphatic heterocycles. The van der Waals surface area contributed by atoms with Crippen molar-refractivity contribution in [3.8, 4) is 0 Å². The molecule has 0 saturated carbocycles. The van der Waals surface area contributed by atoms with Crippen molar-refractivity contribution in [3.63, 3.8) is 0 Å². The third-order valence-electron chi connectivity index (χ3n) is 5.21. The maximum Gasteiger partial charge on any atom is 0.276 e. The Morgan fingerprint density at radius 3 is 2.68 bits per heavy atom. The standard InChI is InChI=1S/C19H29N7O2/c1-7-25-13(5)15(12(4)22-25)10-24(6)19(28)16-17-18(27)20-14(8-11(2)3)9-26(17)23-21-16/h11,14H,7-10H2,1-6H3,(H,20,27)/t14-/m0/s1. The van der Waals surface area contributed by atoms with Crippen molar-refractivity contribution in [2.75, 3.05) is 7.05 Å². The van der Waals surface area contributed by atoms with Crippen LogP contribution in [0.2, 0.25) is 0 Å². The van der Waals surface area contributed by atoms with E-state index in [0.29, 0.717) is 19.0 Å². The van der Waals surface area contributed by atoms with Gasteiger partial charge in [-0.1, -0.05) is 19.1 Å². The Labute approximate surface area is 165 Å². The van der Waals surface area contributed by atoms with E-state index in [-0.39, 0.29) is 29.2 Å². The number of nitrogens with one attached hydrogen (secondary N) is 1.